The van der Waals surface area contributed by atoms with E-state index >= 15 is 0 Å². The first-order valence-corrected chi connectivity index (χ1v) is 7.62. The zero-order valence-corrected chi connectivity index (χ0v) is 13.3. The zero-order valence-electron chi connectivity index (χ0n) is 13.3. The standard InChI is InChI=1S/C16H18N4O4/c1-24-14-6-7-19(10-14)16(23)11-2-4-13(5-3-11)20-9-12(17-18-20)8-15(21)22/h2-5,9,14H,6-8,10H2,1H3,(H,21,22)/t14-/m0/s1. The molecule has 0 saturated carbocycles. The Morgan fingerprint density at radius 3 is 2.71 bits per heavy atom. The number of benzene rings is 1. The summed E-state index contributed by atoms with van der Waals surface area (Å²) < 4.78 is 6.77. The summed E-state index contributed by atoms with van der Waals surface area (Å²) in [5.74, 6) is -0.978. The van der Waals surface area contributed by atoms with Crippen LogP contribution in [0.3, 0.4) is 0 Å². The fourth-order valence-corrected chi connectivity index (χ4v) is 2.70. The van der Waals surface area contributed by atoms with Crippen molar-refractivity contribution in [3.05, 3.63) is 41.7 Å². The van der Waals surface area contributed by atoms with Crippen molar-refractivity contribution >= 4 is 11.9 Å². The van der Waals surface area contributed by atoms with Gasteiger partial charge in [0, 0.05) is 25.8 Å². The number of likely N-dealkylation sites (tertiary alicyclic amines) is 1. The molecule has 2 heterocycles. The molecule has 1 amide bonds. The first-order chi connectivity index (χ1) is 11.6. The van der Waals surface area contributed by atoms with Crippen LogP contribution in [0.2, 0.25) is 0 Å². The Kier molecular flexibility index (Phi) is 4.57. The van der Waals surface area contributed by atoms with Crippen LogP contribution in [0.15, 0.2) is 30.5 Å². The number of aliphatic carboxylic acids is 1. The number of carbonyl (C=O) groups is 2. The number of aromatic nitrogens is 3. The van der Waals surface area contributed by atoms with Crippen LogP contribution in [-0.2, 0) is 16.0 Å². The van der Waals surface area contributed by atoms with Crippen molar-refractivity contribution in [3.8, 4) is 5.69 Å². The lowest BCUT2D eigenvalue weighted by Crippen LogP contribution is -2.29. The number of hydrogen-bond acceptors (Lipinski definition) is 5. The molecular formula is C16H18N4O4. The number of methoxy groups -OCH3 is 1. The van der Waals surface area contributed by atoms with Gasteiger partial charge in [-0.15, -0.1) is 5.10 Å². The Balaban J connectivity index is 1.70. The van der Waals surface area contributed by atoms with Crippen molar-refractivity contribution in [1.29, 1.82) is 0 Å². The van der Waals surface area contributed by atoms with Gasteiger partial charge in [0.15, 0.2) is 0 Å². The molecule has 0 unspecified atom stereocenters. The normalized spacial score (nSPS) is 17.2. The number of hydrogen-bond donors (Lipinski definition) is 1. The van der Waals surface area contributed by atoms with E-state index in [4.69, 9.17) is 9.84 Å². The van der Waals surface area contributed by atoms with Gasteiger partial charge in [0.05, 0.1) is 30.1 Å². The number of nitrogens with zero attached hydrogens (tertiary/aromatic N) is 4. The van der Waals surface area contributed by atoms with E-state index < -0.39 is 5.97 Å². The van der Waals surface area contributed by atoms with E-state index in [-0.39, 0.29) is 18.4 Å². The van der Waals surface area contributed by atoms with E-state index in [0.29, 0.717) is 30.0 Å². The minimum Gasteiger partial charge on any atom is -0.481 e. The molecule has 126 valence electrons. The molecule has 3 rings (SSSR count). The minimum atomic E-state index is -0.956. The maximum atomic E-state index is 12.5. The first-order valence-electron chi connectivity index (χ1n) is 7.62. The van der Waals surface area contributed by atoms with Crippen molar-refractivity contribution in [2.75, 3.05) is 20.2 Å². The number of carbonyl (C=O) groups excluding carboxylic acids is 1. The molecule has 1 N–H and O–H groups in total. The second-order valence-corrected chi connectivity index (χ2v) is 5.67. The van der Waals surface area contributed by atoms with Crippen molar-refractivity contribution < 1.29 is 19.4 Å². The highest BCUT2D eigenvalue weighted by Gasteiger charge is 2.26. The van der Waals surface area contributed by atoms with Crippen molar-refractivity contribution in [2.45, 2.75) is 18.9 Å². The maximum absolute atomic E-state index is 12.5. The first kappa shape index (κ1) is 16.1. The number of carboxylic acids is 1. The number of amides is 1. The van der Waals surface area contributed by atoms with Crippen LogP contribution >= 0.6 is 0 Å². The highest BCUT2D eigenvalue weighted by Crippen LogP contribution is 2.17. The minimum absolute atomic E-state index is 0.0220. The van der Waals surface area contributed by atoms with Crippen molar-refractivity contribution in [1.82, 2.24) is 19.9 Å². The number of carboxylic acid groups (broad SMARTS) is 1. The number of rotatable bonds is 5. The molecule has 8 heteroatoms. The highest BCUT2D eigenvalue weighted by atomic mass is 16.5. The molecule has 1 saturated heterocycles. The van der Waals surface area contributed by atoms with Gasteiger partial charge in [-0.25, -0.2) is 4.68 Å². The average Bonchev–Trinajstić information content (AvgIpc) is 3.23. The quantitative estimate of drug-likeness (QED) is 0.869. The van der Waals surface area contributed by atoms with Crippen LogP contribution in [0.25, 0.3) is 5.69 Å². The van der Waals surface area contributed by atoms with Gasteiger partial charge in [0.2, 0.25) is 0 Å². The Labute approximate surface area is 138 Å². The van der Waals surface area contributed by atoms with E-state index in [9.17, 15) is 9.59 Å². The molecule has 1 atom stereocenters. The zero-order chi connectivity index (χ0) is 17.1. The van der Waals surface area contributed by atoms with Gasteiger partial charge in [-0.2, -0.15) is 0 Å². The van der Waals surface area contributed by atoms with Gasteiger partial charge < -0.3 is 14.7 Å². The third-order valence-electron chi connectivity index (χ3n) is 4.02. The molecule has 1 fully saturated rings. The summed E-state index contributed by atoms with van der Waals surface area (Å²) >= 11 is 0. The van der Waals surface area contributed by atoms with Crippen LogP contribution < -0.4 is 0 Å². The van der Waals surface area contributed by atoms with Gasteiger partial charge in [0.25, 0.3) is 5.91 Å². The van der Waals surface area contributed by atoms with Gasteiger partial charge in [-0.1, -0.05) is 5.21 Å². The van der Waals surface area contributed by atoms with Crippen LogP contribution in [0, 0.1) is 0 Å². The molecular weight excluding hydrogens is 312 g/mol. The van der Waals surface area contributed by atoms with Gasteiger partial charge in [0.1, 0.15) is 0 Å². The third-order valence-corrected chi connectivity index (χ3v) is 4.02. The lowest BCUT2D eigenvalue weighted by Gasteiger charge is -2.16. The molecule has 0 aliphatic carbocycles. The second kappa shape index (κ2) is 6.79. The lowest BCUT2D eigenvalue weighted by molar-refractivity contribution is -0.136. The Hall–Kier alpha value is -2.74. The fraction of sp³-hybridized carbons (Fsp3) is 0.375. The smallest absolute Gasteiger partial charge is 0.309 e. The lowest BCUT2D eigenvalue weighted by atomic mass is 10.2. The van der Waals surface area contributed by atoms with Crippen LogP contribution in [-0.4, -0.2) is 63.2 Å². The Morgan fingerprint density at radius 1 is 1.33 bits per heavy atom. The van der Waals surface area contributed by atoms with E-state index in [0.717, 1.165) is 6.42 Å². The molecule has 0 radical (unpaired) electrons. The molecule has 24 heavy (non-hydrogen) atoms. The number of ether oxygens (including phenoxy) is 1. The average molecular weight is 330 g/mol. The predicted octanol–water partition coefficient (Wildman–Crippen LogP) is 0.755. The Morgan fingerprint density at radius 2 is 2.08 bits per heavy atom. The topological polar surface area (TPSA) is 97.5 Å². The molecule has 0 spiro atoms. The second-order valence-electron chi connectivity index (χ2n) is 5.67. The van der Waals surface area contributed by atoms with E-state index in [1.807, 2.05) is 0 Å². The van der Waals surface area contributed by atoms with E-state index in [1.165, 1.54) is 4.68 Å². The molecule has 2 aromatic rings. The van der Waals surface area contributed by atoms with Crippen molar-refractivity contribution in [3.63, 3.8) is 0 Å². The van der Waals surface area contributed by atoms with Crippen molar-refractivity contribution in [2.24, 2.45) is 0 Å². The maximum Gasteiger partial charge on any atom is 0.309 e. The highest BCUT2D eigenvalue weighted by molar-refractivity contribution is 5.94. The molecule has 1 aliphatic heterocycles. The van der Waals surface area contributed by atoms with Gasteiger partial charge in [-0.3, -0.25) is 9.59 Å². The summed E-state index contributed by atoms with van der Waals surface area (Å²) in [7, 11) is 1.66. The third kappa shape index (κ3) is 3.43. The summed E-state index contributed by atoms with van der Waals surface area (Å²) in [6, 6.07) is 6.99. The monoisotopic (exact) mass is 330 g/mol. The molecule has 1 aromatic carbocycles. The van der Waals surface area contributed by atoms with Crippen LogP contribution in [0.4, 0.5) is 0 Å². The largest absolute Gasteiger partial charge is 0.481 e. The summed E-state index contributed by atoms with van der Waals surface area (Å²) in [5.41, 5.74) is 1.69. The summed E-state index contributed by atoms with van der Waals surface area (Å²) in [4.78, 5) is 24.9. The van der Waals surface area contributed by atoms with Gasteiger partial charge >= 0.3 is 5.97 Å². The summed E-state index contributed by atoms with van der Waals surface area (Å²) in [6.45, 7) is 1.30. The molecule has 0 bridgehead atoms. The summed E-state index contributed by atoms with van der Waals surface area (Å²) in [6.07, 6.45) is 2.35. The van der Waals surface area contributed by atoms with Crippen LogP contribution in [0.5, 0.6) is 0 Å². The molecule has 1 aliphatic rings. The molecule has 8 nitrogen and oxygen atoms in total. The van der Waals surface area contributed by atoms with E-state index in [2.05, 4.69) is 10.3 Å². The molecule has 1 aromatic heterocycles. The Bertz CT molecular complexity index is 741. The van der Waals surface area contributed by atoms with Gasteiger partial charge in [-0.05, 0) is 30.7 Å². The van der Waals surface area contributed by atoms with Crippen LogP contribution in [0.1, 0.15) is 22.5 Å². The SMILES string of the molecule is CO[C@H]1CCN(C(=O)c2ccc(-n3cc(CC(=O)O)nn3)cc2)C1. The van der Waals surface area contributed by atoms with E-state index in [1.54, 1.807) is 42.5 Å². The fourth-order valence-electron chi connectivity index (χ4n) is 2.70. The predicted molar refractivity (Wildman–Crippen MR) is 84.0 cm³/mol. The summed E-state index contributed by atoms with van der Waals surface area (Å²) in [5, 5.41) is 16.5.